The van der Waals surface area contributed by atoms with Crippen LogP contribution in [-0.4, -0.2) is 180 Å². The molecule has 0 aromatic heterocycles. The van der Waals surface area contributed by atoms with Gasteiger partial charge in [-0.05, 0) is 161 Å². The van der Waals surface area contributed by atoms with Crippen LogP contribution in [0.15, 0.2) is 82.6 Å². The van der Waals surface area contributed by atoms with E-state index in [-0.39, 0.29) is 127 Å². The van der Waals surface area contributed by atoms with Crippen LogP contribution in [0.4, 0.5) is 4.79 Å². The lowest BCUT2D eigenvalue weighted by Gasteiger charge is -2.38. The van der Waals surface area contributed by atoms with E-state index in [2.05, 4.69) is 49.6 Å². The highest BCUT2D eigenvalue weighted by Crippen LogP contribution is 2.45. The van der Waals surface area contributed by atoms with Gasteiger partial charge in [0, 0.05) is 134 Å². The number of nitrogens with one attached hydrogen (secondary N) is 5. The van der Waals surface area contributed by atoms with Gasteiger partial charge in [0.1, 0.15) is 29.5 Å². The van der Waals surface area contributed by atoms with E-state index in [4.69, 9.17) is 55.9 Å². The number of sulfonamides is 1. The summed E-state index contributed by atoms with van der Waals surface area (Å²) in [6.45, 7) is 9.66. The number of hydrogen-bond acceptors (Lipinski definition) is 15. The van der Waals surface area contributed by atoms with E-state index in [0.29, 0.717) is 102 Å². The van der Waals surface area contributed by atoms with Crippen molar-refractivity contribution in [2.24, 2.45) is 11.8 Å². The summed E-state index contributed by atoms with van der Waals surface area (Å²) < 4.78 is 70.2. The number of fused-ring (bicyclic) bond motifs is 2. The molecule has 94 heavy (non-hydrogen) atoms. The van der Waals surface area contributed by atoms with Crippen LogP contribution in [-0.2, 0) is 56.7 Å². The Morgan fingerprint density at radius 3 is 1.83 bits per heavy atom. The van der Waals surface area contributed by atoms with Crippen LogP contribution in [0.1, 0.15) is 125 Å². The molecule has 4 heterocycles. The molecule has 4 saturated heterocycles. The number of rotatable bonds is 28. The number of ketones is 2. The smallest absolute Gasteiger partial charge is 0.315 e. The van der Waals surface area contributed by atoms with Crippen molar-refractivity contribution in [2.75, 3.05) is 84.3 Å². The van der Waals surface area contributed by atoms with E-state index in [1.807, 2.05) is 12.1 Å². The van der Waals surface area contributed by atoms with Gasteiger partial charge in [-0.2, -0.15) is 0 Å². The van der Waals surface area contributed by atoms with E-state index >= 15 is 0 Å². The third kappa shape index (κ3) is 18.7. The van der Waals surface area contributed by atoms with E-state index in [0.717, 1.165) is 67.8 Å². The second-order valence-corrected chi connectivity index (χ2v) is 31.5. The van der Waals surface area contributed by atoms with E-state index < -0.39 is 37.8 Å². The summed E-state index contributed by atoms with van der Waals surface area (Å²) in [7, 11) is -7.67. The SMILES string of the molecule is C[C@H]1CCCN([C@H]2Cc3c(Cl)cc(Cl)cc3[C@@H]2Oc2ccc(S(=O)(=O)N[C@H]3CCN(C(=O)CCC(=O)CNC(=O)NCCCCCC(=O)CCC(=O)NCC(=O)N4CC[C@H](CS(=O)(=O)c5ccc(O[C@H]6c7cc(Cl)cc(Cl)c7C[C@@H]6N6CCN[C@H](C)C6)cc5)C4)C3)cc2)C1. The fourth-order valence-electron chi connectivity index (χ4n) is 13.9. The quantitative estimate of drug-likeness (QED) is 0.0335. The Balaban J connectivity index is 0.548. The van der Waals surface area contributed by atoms with Crippen molar-refractivity contribution in [3.63, 3.8) is 0 Å². The molecule has 5 N–H and O–H groups in total. The molecule has 4 aliphatic heterocycles. The standard InChI is InChI=1S/C67H85Cl4N9O12S2/c1-42-7-6-25-77(37-42)60-33-54-56(29-45(68)31-58(54)70)65(60)92-51-13-17-53(18-14-51)94(89,90)76-47-22-27-80(40-47)63(84)20-10-49(82)35-75-67(86)73-23-5-3-4-8-48(81)9-19-62(83)74-36-64(85)79-26-21-44(39-79)41-93(87,88)52-15-11-50(12-16-52)91-66-57-30-46(69)32-59(71)55(57)34-61(66)78-28-24-72-43(2)38-78/h11-18,29-32,42-44,47,60-61,65-66,72,76H,3-10,19-28,33-41H2,1-2H3,(H,74,83)(H2,73,75,86)/t42-,43+,44-,47-,60-,61-,65-,66-/m0/s1. The summed E-state index contributed by atoms with van der Waals surface area (Å²) in [6.07, 6.45) is 5.57. The second kappa shape index (κ2) is 32.2. The third-order valence-corrected chi connectivity index (χ3v) is 23.5. The van der Waals surface area contributed by atoms with Gasteiger partial charge in [0.25, 0.3) is 0 Å². The molecular formula is C67H85Cl4N9O12S2. The lowest BCUT2D eigenvalue weighted by atomic mass is 9.97. The van der Waals surface area contributed by atoms with Crippen LogP contribution in [0.2, 0.25) is 20.1 Å². The average Bonchev–Trinajstić information content (AvgIpc) is 1.62. The van der Waals surface area contributed by atoms with Gasteiger partial charge in [0.2, 0.25) is 27.7 Å². The molecule has 5 amide bonds. The Morgan fingerprint density at radius 2 is 1.19 bits per heavy atom. The van der Waals surface area contributed by atoms with Crippen LogP contribution in [0.5, 0.6) is 11.5 Å². The topological polar surface area (TPSA) is 262 Å². The van der Waals surface area contributed by atoms with Gasteiger partial charge in [-0.3, -0.25) is 33.8 Å². The van der Waals surface area contributed by atoms with E-state index in [1.54, 1.807) is 53.4 Å². The van der Waals surface area contributed by atoms with Gasteiger partial charge in [-0.15, -0.1) is 0 Å². The molecule has 4 aromatic rings. The van der Waals surface area contributed by atoms with Gasteiger partial charge in [-0.25, -0.2) is 26.4 Å². The molecular weight excluding hydrogens is 1330 g/mol. The normalized spacial score (nSPS) is 23.2. The van der Waals surface area contributed by atoms with Crippen LogP contribution in [0.25, 0.3) is 0 Å². The van der Waals surface area contributed by atoms with Crippen LogP contribution in [0, 0.1) is 11.8 Å². The maximum Gasteiger partial charge on any atom is 0.315 e. The van der Waals surface area contributed by atoms with Gasteiger partial charge in [0.05, 0.1) is 40.7 Å². The molecule has 21 nitrogen and oxygen atoms in total. The molecule has 6 aliphatic rings. The monoisotopic (exact) mass is 1410 g/mol. The average molecular weight is 1410 g/mol. The molecule has 10 rings (SSSR count). The number of hydrogen-bond donors (Lipinski definition) is 5. The maximum absolute atomic E-state index is 13.6. The number of sulfone groups is 1. The zero-order valence-corrected chi connectivity index (χ0v) is 57.8. The summed E-state index contributed by atoms with van der Waals surface area (Å²) in [5.74, 6) is -0.381. The van der Waals surface area contributed by atoms with Gasteiger partial charge in [0.15, 0.2) is 15.6 Å². The third-order valence-electron chi connectivity index (χ3n) is 18.9. The highest BCUT2D eigenvalue weighted by atomic mass is 35.5. The minimum absolute atomic E-state index is 0.00349. The predicted molar refractivity (Wildman–Crippen MR) is 360 cm³/mol. The zero-order chi connectivity index (χ0) is 66.8. The zero-order valence-electron chi connectivity index (χ0n) is 53.2. The van der Waals surface area contributed by atoms with Crippen molar-refractivity contribution in [1.82, 2.24) is 45.6 Å². The molecule has 0 saturated carbocycles. The molecule has 27 heteroatoms. The second-order valence-electron chi connectivity index (χ2n) is 26.1. The predicted octanol–water partition coefficient (Wildman–Crippen LogP) is 8.29. The minimum atomic E-state index is -3.95. The minimum Gasteiger partial charge on any atom is -0.484 e. The maximum atomic E-state index is 13.6. The van der Waals surface area contributed by atoms with Crippen LogP contribution in [0.3, 0.4) is 0 Å². The van der Waals surface area contributed by atoms with Crippen LogP contribution < -0.4 is 35.5 Å². The Kier molecular flexibility index (Phi) is 24.4. The Morgan fingerprint density at radius 1 is 0.585 bits per heavy atom. The fourth-order valence-corrected chi connectivity index (χ4v) is 18.0. The first-order valence-electron chi connectivity index (χ1n) is 32.8. The highest BCUT2D eigenvalue weighted by molar-refractivity contribution is 7.91. The van der Waals surface area contributed by atoms with E-state index in [9.17, 15) is 45.6 Å². The molecule has 0 radical (unpaired) electrons. The molecule has 8 atom stereocenters. The van der Waals surface area contributed by atoms with Crippen molar-refractivity contribution >= 4 is 102 Å². The number of amides is 5. The van der Waals surface area contributed by atoms with Gasteiger partial charge in [-0.1, -0.05) is 59.7 Å². The van der Waals surface area contributed by atoms with Gasteiger partial charge >= 0.3 is 6.03 Å². The number of halogens is 4. The summed E-state index contributed by atoms with van der Waals surface area (Å²) in [5.41, 5.74) is 3.88. The summed E-state index contributed by atoms with van der Waals surface area (Å²) >= 11 is 26.2. The fraction of sp³-hybridized carbons (Fsp3) is 0.552. The number of unbranched alkanes of at least 4 members (excludes halogenated alkanes) is 2. The highest BCUT2D eigenvalue weighted by Gasteiger charge is 2.43. The van der Waals surface area contributed by atoms with E-state index in [1.165, 1.54) is 23.5 Å². The molecule has 4 aromatic carbocycles. The first-order valence-corrected chi connectivity index (χ1v) is 37.4. The largest absolute Gasteiger partial charge is 0.484 e. The Bertz CT molecular complexity index is 3410. The van der Waals surface area contributed by atoms with Crippen molar-refractivity contribution < 1.29 is 55.1 Å². The Labute approximate surface area is 571 Å². The number of urea groups is 1. The first-order chi connectivity index (χ1) is 44.9. The van der Waals surface area contributed by atoms with Crippen LogP contribution >= 0.6 is 46.4 Å². The number of Topliss-reactive ketones (excluding diaryl/α,β-unsaturated/α-hetero) is 2. The molecule has 4 fully saturated rings. The number of carbonyl (C=O) groups excluding carboxylic acids is 6. The molecule has 0 unspecified atom stereocenters. The molecule has 2 aliphatic carbocycles. The number of carbonyl (C=O) groups is 6. The molecule has 0 spiro atoms. The lowest BCUT2D eigenvalue weighted by Crippen LogP contribution is -2.54. The molecule has 510 valence electrons. The Hall–Kier alpha value is -5.60. The number of likely N-dealkylation sites (tertiary alicyclic amines) is 3. The number of nitrogens with zero attached hydrogens (tertiary/aromatic N) is 4. The van der Waals surface area contributed by atoms with Crippen molar-refractivity contribution in [3.05, 3.63) is 115 Å². The molecule has 0 bridgehead atoms. The van der Waals surface area contributed by atoms with Crippen molar-refractivity contribution in [2.45, 2.75) is 150 Å². The number of piperazine rings is 1. The van der Waals surface area contributed by atoms with Gasteiger partial charge < -0.3 is 40.5 Å². The summed E-state index contributed by atoms with van der Waals surface area (Å²) in [6, 6.07) is 19.3. The number of piperidine rings is 1. The summed E-state index contributed by atoms with van der Waals surface area (Å²) in [5, 5.41) is 13.5. The lowest BCUT2D eigenvalue weighted by molar-refractivity contribution is -0.132. The summed E-state index contributed by atoms with van der Waals surface area (Å²) in [4.78, 5) is 84.5. The van der Waals surface area contributed by atoms with Crippen molar-refractivity contribution in [1.29, 1.82) is 0 Å². The van der Waals surface area contributed by atoms with Crippen molar-refractivity contribution in [3.8, 4) is 11.5 Å². The first kappa shape index (κ1) is 71.2. The number of benzene rings is 4. The number of ether oxygens (including phenoxy) is 2.